The zero-order valence-electron chi connectivity index (χ0n) is 21.1. The maximum atomic E-state index is 13.6. The van der Waals surface area contributed by atoms with Crippen LogP contribution >= 0.6 is 11.8 Å². The summed E-state index contributed by atoms with van der Waals surface area (Å²) >= 11 is 1.53. The number of aryl methyl sites for hydroxylation is 1. The molecule has 0 saturated heterocycles. The van der Waals surface area contributed by atoms with Crippen LogP contribution in [0, 0.1) is 6.92 Å². The van der Waals surface area contributed by atoms with Gasteiger partial charge in [-0.05, 0) is 73.7 Å². The molecular weight excluding hydrogens is 496 g/mol. The van der Waals surface area contributed by atoms with E-state index < -0.39 is 15.9 Å². The number of thioether (sulfide) groups is 1. The third-order valence-electron chi connectivity index (χ3n) is 5.81. The molecule has 1 N–H and O–H groups in total. The summed E-state index contributed by atoms with van der Waals surface area (Å²) < 4.78 is 39.1. The van der Waals surface area contributed by atoms with E-state index in [1.807, 2.05) is 44.4 Å². The third kappa shape index (κ3) is 6.33. The molecule has 3 rings (SSSR count). The van der Waals surface area contributed by atoms with Crippen LogP contribution in [0.5, 0.6) is 11.5 Å². The van der Waals surface area contributed by atoms with Crippen molar-refractivity contribution in [3.63, 3.8) is 0 Å². The van der Waals surface area contributed by atoms with E-state index in [4.69, 9.17) is 9.47 Å². The highest BCUT2D eigenvalue weighted by atomic mass is 32.2. The van der Waals surface area contributed by atoms with Gasteiger partial charge in [0.2, 0.25) is 5.91 Å². The number of benzene rings is 3. The number of methoxy groups -OCH3 is 2. The Hall–Kier alpha value is -3.17. The van der Waals surface area contributed by atoms with E-state index in [0.717, 1.165) is 20.3 Å². The Kier molecular flexibility index (Phi) is 9.28. The zero-order valence-corrected chi connectivity index (χ0v) is 22.8. The minimum atomic E-state index is -3.99. The lowest BCUT2D eigenvalue weighted by Crippen LogP contribution is -2.42. The highest BCUT2D eigenvalue weighted by Gasteiger charge is 2.28. The van der Waals surface area contributed by atoms with Gasteiger partial charge < -0.3 is 14.8 Å². The lowest BCUT2D eigenvalue weighted by molar-refractivity contribution is -0.120. The molecule has 1 atom stereocenters. The van der Waals surface area contributed by atoms with Crippen molar-refractivity contribution in [2.24, 2.45) is 0 Å². The van der Waals surface area contributed by atoms with Gasteiger partial charge >= 0.3 is 0 Å². The van der Waals surface area contributed by atoms with E-state index in [-0.39, 0.29) is 17.5 Å². The summed E-state index contributed by atoms with van der Waals surface area (Å²) in [5.41, 5.74) is 2.24. The Morgan fingerprint density at radius 1 is 0.972 bits per heavy atom. The molecule has 1 amide bonds. The molecule has 3 aromatic carbocycles. The predicted octanol–water partition coefficient (Wildman–Crippen LogP) is 5.20. The SMILES string of the molecule is CCC(NC(=O)CN(c1ccc(C)cc1)S(=O)(=O)c1ccc(SC)cc1)c1ccc(OC)c(OC)c1. The smallest absolute Gasteiger partial charge is 0.264 e. The molecule has 0 aromatic heterocycles. The van der Waals surface area contributed by atoms with Crippen molar-refractivity contribution in [2.75, 3.05) is 31.3 Å². The van der Waals surface area contributed by atoms with Crippen molar-refractivity contribution in [1.82, 2.24) is 5.32 Å². The minimum absolute atomic E-state index is 0.126. The maximum absolute atomic E-state index is 13.6. The second kappa shape index (κ2) is 12.2. The maximum Gasteiger partial charge on any atom is 0.264 e. The first-order chi connectivity index (χ1) is 17.2. The van der Waals surface area contributed by atoms with Gasteiger partial charge in [0.25, 0.3) is 10.0 Å². The Balaban J connectivity index is 1.90. The second-order valence-corrected chi connectivity index (χ2v) is 10.9. The zero-order chi connectivity index (χ0) is 26.3. The second-order valence-electron chi connectivity index (χ2n) is 8.17. The van der Waals surface area contributed by atoms with Crippen LogP contribution in [-0.4, -0.2) is 41.3 Å². The monoisotopic (exact) mass is 528 g/mol. The predicted molar refractivity (Wildman–Crippen MR) is 145 cm³/mol. The minimum Gasteiger partial charge on any atom is -0.493 e. The summed E-state index contributed by atoms with van der Waals surface area (Å²) in [6, 6.07) is 18.8. The number of carbonyl (C=O) groups excluding carboxylic acids is 1. The van der Waals surface area contributed by atoms with Crippen molar-refractivity contribution in [2.45, 2.75) is 36.1 Å². The van der Waals surface area contributed by atoms with E-state index in [0.29, 0.717) is 23.6 Å². The van der Waals surface area contributed by atoms with Crippen LogP contribution in [0.3, 0.4) is 0 Å². The number of anilines is 1. The van der Waals surface area contributed by atoms with E-state index in [9.17, 15) is 13.2 Å². The molecule has 0 fully saturated rings. The van der Waals surface area contributed by atoms with Gasteiger partial charge in [-0.15, -0.1) is 11.8 Å². The van der Waals surface area contributed by atoms with E-state index >= 15 is 0 Å². The fraction of sp³-hybridized carbons (Fsp3) is 0.296. The molecule has 0 bridgehead atoms. The third-order valence-corrected chi connectivity index (χ3v) is 8.34. The molecule has 0 aliphatic heterocycles. The summed E-state index contributed by atoms with van der Waals surface area (Å²) in [7, 11) is -0.874. The molecule has 0 spiro atoms. The Bertz CT molecular complexity index is 1280. The fourth-order valence-corrected chi connectivity index (χ4v) is 5.59. The molecule has 0 aliphatic rings. The van der Waals surface area contributed by atoms with Crippen LogP contribution in [0.2, 0.25) is 0 Å². The molecule has 9 heteroatoms. The van der Waals surface area contributed by atoms with Crippen LogP contribution in [0.1, 0.15) is 30.5 Å². The quantitative estimate of drug-likeness (QED) is 0.345. The van der Waals surface area contributed by atoms with Gasteiger partial charge in [-0.3, -0.25) is 9.10 Å². The molecule has 3 aromatic rings. The number of amides is 1. The van der Waals surface area contributed by atoms with Gasteiger partial charge in [0.15, 0.2) is 11.5 Å². The lowest BCUT2D eigenvalue weighted by atomic mass is 10.0. The van der Waals surface area contributed by atoms with Crippen LogP contribution in [0.15, 0.2) is 76.5 Å². The van der Waals surface area contributed by atoms with E-state index in [2.05, 4.69) is 5.32 Å². The average Bonchev–Trinajstić information content (AvgIpc) is 2.90. The lowest BCUT2D eigenvalue weighted by Gasteiger charge is -2.26. The van der Waals surface area contributed by atoms with Gasteiger partial charge in [0.1, 0.15) is 6.54 Å². The van der Waals surface area contributed by atoms with Gasteiger partial charge in [-0.2, -0.15) is 0 Å². The molecule has 0 radical (unpaired) electrons. The van der Waals surface area contributed by atoms with Crippen molar-refractivity contribution >= 4 is 33.4 Å². The van der Waals surface area contributed by atoms with Crippen LogP contribution < -0.4 is 19.1 Å². The van der Waals surface area contributed by atoms with Crippen LogP contribution in [-0.2, 0) is 14.8 Å². The summed E-state index contributed by atoms with van der Waals surface area (Å²) in [5, 5.41) is 2.98. The first-order valence-corrected chi connectivity index (χ1v) is 14.1. The van der Waals surface area contributed by atoms with Gasteiger partial charge in [-0.25, -0.2) is 8.42 Å². The molecule has 7 nitrogen and oxygen atoms in total. The number of ether oxygens (including phenoxy) is 2. The van der Waals surface area contributed by atoms with Crippen molar-refractivity contribution in [3.8, 4) is 11.5 Å². The summed E-state index contributed by atoms with van der Waals surface area (Å²) in [6.07, 6.45) is 2.53. The Labute approximate surface area is 217 Å². The number of nitrogens with one attached hydrogen (secondary N) is 1. The summed E-state index contributed by atoms with van der Waals surface area (Å²) in [5.74, 6) is 0.730. The number of rotatable bonds is 11. The van der Waals surface area contributed by atoms with Crippen LogP contribution in [0.25, 0.3) is 0 Å². The number of hydrogen-bond donors (Lipinski definition) is 1. The first-order valence-electron chi connectivity index (χ1n) is 11.5. The fourth-order valence-electron chi connectivity index (χ4n) is 3.76. The molecule has 0 saturated carbocycles. The topological polar surface area (TPSA) is 84.9 Å². The van der Waals surface area contributed by atoms with Crippen LogP contribution in [0.4, 0.5) is 5.69 Å². The highest BCUT2D eigenvalue weighted by molar-refractivity contribution is 7.98. The molecule has 1 unspecified atom stereocenters. The number of carbonyl (C=O) groups is 1. The number of sulfonamides is 1. The van der Waals surface area contributed by atoms with Gasteiger partial charge in [0, 0.05) is 4.90 Å². The summed E-state index contributed by atoms with van der Waals surface area (Å²) in [6.45, 7) is 3.51. The molecule has 0 heterocycles. The standard InChI is InChI=1S/C27H32N2O5S2/c1-6-24(20-9-16-25(33-3)26(17-20)34-4)28-27(30)18-29(21-10-7-19(2)8-11-21)36(31,32)23-14-12-22(35-5)13-15-23/h7-17,24H,6,18H2,1-5H3,(H,28,30). The molecule has 0 aliphatic carbocycles. The highest BCUT2D eigenvalue weighted by Crippen LogP contribution is 2.31. The van der Waals surface area contributed by atoms with Crippen molar-refractivity contribution in [3.05, 3.63) is 77.9 Å². The number of nitrogens with zero attached hydrogens (tertiary/aromatic N) is 1. The van der Waals surface area contributed by atoms with E-state index in [1.54, 1.807) is 56.7 Å². The normalized spacial score (nSPS) is 12.0. The average molecular weight is 529 g/mol. The molecule has 36 heavy (non-hydrogen) atoms. The Morgan fingerprint density at radius 3 is 2.17 bits per heavy atom. The molecule has 192 valence electrons. The van der Waals surface area contributed by atoms with Crippen molar-refractivity contribution < 1.29 is 22.7 Å². The van der Waals surface area contributed by atoms with Gasteiger partial charge in [-0.1, -0.05) is 30.7 Å². The number of hydrogen-bond acceptors (Lipinski definition) is 6. The van der Waals surface area contributed by atoms with Gasteiger partial charge in [0.05, 0.1) is 30.8 Å². The first kappa shape index (κ1) is 27.4. The van der Waals surface area contributed by atoms with Crippen molar-refractivity contribution in [1.29, 1.82) is 0 Å². The Morgan fingerprint density at radius 2 is 1.61 bits per heavy atom. The van der Waals surface area contributed by atoms with E-state index in [1.165, 1.54) is 11.8 Å². The molecular formula is C27H32N2O5S2. The summed E-state index contributed by atoms with van der Waals surface area (Å²) in [4.78, 5) is 14.3. The largest absolute Gasteiger partial charge is 0.493 e.